The second-order valence-electron chi connectivity index (χ2n) is 4.79. The first kappa shape index (κ1) is 13.9. The summed E-state index contributed by atoms with van der Waals surface area (Å²) in [6, 6.07) is 16.2. The molecule has 1 aliphatic rings. The number of oxime groups is 1. The number of rotatable bonds is 4. The highest BCUT2D eigenvalue weighted by Gasteiger charge is 2.19. The Bertz CT molecular complexity index is 776. The molecular formula is C18H13NO3. The van der Waals surface area contributed by atoms with Crippen LogP contribution in [0, 0.1) is 0 Å². The number of carbonyl (C=O) groups is 2. The van der Waals surface area contributed by atoms with Crippen LogP contribution in [0.15, 0.2) is 65.8 Å². The average molecular weight is 291 g/mol. The highest BCUT2D eigenvalue weighted by atomic mass is 16.6. The molecular weight excluding hydrogens is 278 g/mol. The number of carbonyl (C=O) groups excluding carboxylic acids is 2. The number of fused-ring (bicyclic) bond motifs is 1. The van der Waals surface area contributed by atoms with Crippen LogP contribution in [0.4, 0.5) is 0 Å². The molecule has 0 atom stereocenters. The fourth-order valence-corrected chi connectivity index (χ4v) is 2.19. The lowest BCUT2D eigenvalue weighted by Crippen LogP contribution is -2.19. The molecule has 2 aromatic rings. The Morgan fingerprint density at radius 2 is 1.68 bits per heavy atom. The molecule has 0 aliphatic heterocycles. The van der Waals surface area contributed by atoms with Crippen molar-refractivity contribution in [2.75, 3.05) is 6.61 Å². The van der Waals surface area contributed by atoms with Crippen LogP contribution in [0.2, 0.25) is 0 Å². The fraction of sp³-hybridized carbons (Fsp3) is 0.0556. The van der Waals surface area contributed by atoms with Crippen molar-refractivity contribution in [1.82, 2.24) is 0 Å². The third kappa shape index (κ3) is 2.86. The van der Waals surface area contributed by atoms with Gasteiger partial charge in [-0.3, -0.25) is 9.59 Å². The van der Waals surface area contributed by atoms with Crippen molar-refractivity contribution >= 4 is 23.4 Å². The van der Waals surface area contributed by atoms with E-state index < -0.39 is 0 Å². The normalized spacial score (nSPS) is 14.7. The van der Waals surface area contributed by atoms with Crippen LogP contribution in [-0.2, 0) is 9.63 Å². The quantitative estimate of drug-likeness (QED) is 0.643. The van der Waals surface area contributed by atoms with Crippen molar-refractivity contribution in [1.29, 1.82) is 0 Å². The summed E-state index contributed by atoms with van der Waals surface area (Å²) in [7, 11) is 0. The largest absolute Gasteiger partial charge is 0.387 e. The van der Waals surface area contributed by atoms with Crippen LogP contribution in [0.1, 0.15) is 21.5 Å². The Kier molecular flexibility index (Phi) is 3.92. The van der Waals surface area contributed by atoms with Gasteiger partial charge in [-0.2, -0.15) is 0 Å². The molecule has 0 fully saturated rings. The Hall–Kier alpha value is -3.01. The molecule has 0 amide bonds. The zero-order chi connectivity index (χ0) is 15.4. The van der Waals surface area contributed by atoms with Crippen molar-refractivity contribution in [3.63, 3.8) is 0 Å². The zero-order valence-electron chi connectivity index (χ0n) is 11.7. The van der Waals surface area contributed by atoms with Crippen molar-refractivity contribution in [3.05, 3.63) is 77.4 Å². The highest BCUT2D eigenvalue weighted by Crippen LogP contribution is 2.17. The van der Waals surface area contributed by atoms with Gasteiger partial charge in [-0.1, -0.05) is 65.8 Å². The summed E-state index contributed by atoms with van der Waals surface area (Å²) in [6.07, 6.45) is 3.19. The molecule has 0 radical (unpaired) electrons. The number of hydrogen-bond acceptors (Lipinski definition) is 4. The summed E-state index contributed by atoms with van der Waals surface area (Å²) in [5.41, 5.74) is 2.39. The number of ketones is 2. The van der Waals surface area contributed by atoms with Crippen molar-refractivity contribution in [2.24, 2.45) is 5.16 Å². The molecule has 3 rings (SSSR count). The van der Waals surface area contributed by atoms with Crippen LogP contribution in [0.25, 0.3) is 6.08 Å². The zero-order valence-corrected chi connectivity index (χ0v) is 11.7. The molecule has 1 aliphatic carbocycles. The standard InChI is InChI=1S/C18H13NO3/c20-16-11-10-13-6-4-5-9-15(13)18(16)19-22-12-17(21)14-7-2-1-3-8-14/h1-11H,12H2/b19-18+. The van der Waals surface area contributed by atoms with Crippen molar-refractivity contribution in [3.8, 4) is 0 Å². The second kappa shape index (κ2) is 6.18. The summed E-state index contributed by atoms with van der Waals surface area (Å²) in [4.78, 5) is 28.9. The number of hydrogen-bond donors (Lipinski definition) is 0. The van der Waals surface area contributed by atoms with Gasteiger partial charge in [-0.15, -0.1) is 0 Å². The molecule has 108 valence electrons. The first-order valence-electron chi connectivity index (χ1n) is 6.86. The predicted molar refractivity (Wildman–Crippen MR) is 83.7 cm³/mol. The van der Waals surface area contributed by atoms with Crippen LogP contribution in [0.5, 0.6) is 0 Å². The van der Waals surface area contributed by atoms with E-state index in [0.717, 1.165) is 5.56 Å². The van der Waals surface area contributed by atoms with Crippen LogP contribution < -0.4 is 0 Å². The molecule has 22 heavy (non-hydrogen) atoms. The lowest BCUT2D eigenvalue weighted by molar-refractivity contribution is -0.109. The molecule has 4 heteroatoms. The van der Waals surface area contributed by atoms with Crippen LogP contribution in [-0.4, -0.2) is 23.9 Å². The van der Waals surface area contributed by atoms with Gasteiger partial charge in [0.25, 0.3) is 0 Å². The third-order valence-corrected chi connectivity index (χ3v) is 3.31. The van der Waals surface area contributed by atoms with Gasteiger partial charge in [-0.05, 0) is 11.6 Å². The van der Waals surface area contributed by atoms with Gasteiger partial charge in [0.1, 0.15) is 0 Å². The summed E-state index contributed by atoms with van der Waals surface area (Å²) in [5.74, 6) is -0.414. The van der Waals surface area contributed by atoms with E-state index in [9.17, 15) is 9.59 Å². The Balaban J connectivity index is 1.74. The maximum Gasteiger partial charge on any atom is 0.208 e. The van der Waals surface area contributed by atoms with E-state index in [2.05, 4.69) is 5.16 Å². The number of benzene rings is 2. The monoisotopic (exact) mass is 291 g/mol. The number of Topliss-reactive ketones (excluding diaryl/α,β-unsaturated/α-hetero) is 1. The average Bonchev–Trinajstić information content (AvgIpc) is 2.57. The lowest BCUT2D eigenvalue weighted by Gasteiger charge is -2.11. The Labute approximate surface area is 127 Å². The highest BCUT2D eigenvalue weighted by molar-refractivity contribution is 6.52. The minimum Gasteiger partial charge on any atom is -0.387 e. The summed E-state index contributed by atoms with van der Waals surface area (Å²) in [5, 5.41) is 3.87. The van der Waals surface area contributed by atoms with E-state index in [4.69, 9.17) is 4.84 Å². The molecule has 0 saturated heterocycles. The lowest BCUT2D eigenvalue weighted by atomic mass is 9.95. The molecule has 0 bridgehead atoms. The van der Waals surface area contributed by atoms with Gasteiger partial charge in [0.2, 0.25) is 11.6 Å². The molecule has 4 nitrogen and oxygen atoms in total. The molecule has 0 saturated carbocycles. The molecule has 0 unspecified atom stereocenters. The van der Waals surface area contributed by atoms with E-state index in [-0.39, 0.29) is 23.9 Å². The van der Waals surface area contributed by atoms with Gasteiger partial charge in [0, 0.05) is 11.1 Å². The fourth-order valence-electron chi connectivity index (χ4n) is 2.19. The topological polar surface area (TPSA) is 55.7 Å². The van der Waals surface area contributed by atoms with E-state index in [0.29, 0.717) is 11.1 Å². The van der Waals surface area contributed by atoms with Gasteiger partial charge >= 0.3 is 0 Å². The van der Waals surface area contributed by atoms with E-state index in [1.165, 1.54) is 6.08 Å². The second-order valence-corrected chi connectivity index (χ2v) is 4.79. The summed E-state index contributed by atoms with van der Waals surface area (Å²) < 4.78 is 0. The van der Waals surface area contributed by atoms with Crippen LogP contribution >= 0.6 is 0 Å². The smallest absolute Gasteiger partial charge is 0.208 e. The summed E-state index contributed by atoms with van der Waals surface area (Å²) >= 11 is 0. The van der Waals surface area contributed by atoms with Gasteiger partial charge in [0.15, 0.2) is 12.3 Å². The first-order chi connectivity index (χ1) is 10.8. The molecule has 2 aromatic carbocycles. The predicted octanol–water partition coefficient (Wildman–Crippen LogP) is 2.89. The maximum atomic E-state index is 11.9. The molecule has 0 aromatic heterocycles. The number of allylic oxidation sites excluding steroid dienone is 1. The third-order valence-electron chi connectivity index (χ3n) is 3.31. The van der Waals surface area contributed by atoms with E-state index in [1.54, 1.807) is 36.4 Å². The Morgan fingerprint density at radius 3 is 2.50 bits per heavy atom. The minimum absolute atomic E-state index is 0.183. The van der Waals surface area contributed by atoms with Crippen molar-refractivity contribution in [2.45, 2.75) is 0 Å². The van der Waals surface area contributed by atoms with Crippen molar-refractivity contribution < 1.29 is 14.4 Å². The first-order valence-corrected chi connectivity index (χ1v) is 6.86. The molecule has 0 N–H and O–H groups in total. The molecule has 0 spiro atoms. The minimum atomic E-state index is -0.231. The van der Waals surface area contributed by atoms with Gasteiger partial charge in [-0.25, -0.2) is 0 Å². The van der Waals surface area contributed by atoms with E-state index >= 15 is 0 Å². The SMILES string of the molecule is O=C1C=Cc2ccccc2/C1=N\OCC(=O)c1ccccc1. The van der Waals surface area contributed by atoms with Gasteiger partial charge in [0.05, 0.1) is 0 Å². The summed E-state index contributed by atoms with van der Waals surface area (Å²) in [6.45, 7) is -0.202. The maximum absolute atomic E-state index is 11.9. The van der Waals surface area contributed by atoms with Crippen LogP contribution in [0.3, 0.4) is 0 Å². The Morgan fingerprint density at radius 1 is 0.955 bits per heavy atom. The number of nitrogens with zero attached hydrogens (tertiary/aromatic N) is 1. The van der Waals surface area contributed by atoms with Gasteiger partial charge < -0.3 is 4.84 Å². The van der Waals surface area contributed by atoms with E-state index in [1.807, 2.05) is 24.3 Å². The molecule has 0 heterocycles.